The van der Waals surface area contributed by atoms with E-state index in [-0.39, 0.29) is 18.4 Å². The van der Waals surface area contributed by atoms with Crippen molar-refractivity contribution in [1.82, 2.24) is 4.98 Å². The van der Waals surface area contributed by atoms with Crippen LogP contribution in [0.5, 0.6) is 0 Å². The van der Waals surface area contributed by atoms with Gasteiger partial charge in [-0.1, -0.05) is 18.2 Å². The number of aromatic nitrogens is 1. The normalized spacial score (nSPS) is 18.9. The Morgan fingerprint density at radius 1 is 1.43 bits per heavy atom. The first-order valence-corrected chi connectivity index (χ1v) is 7.28. The van der Waals surface area contributed by atoms with Crippen LogP contribution in [0, 0.1) is 11.3 Å². The first kappa shape index (κ1) is 13.8. The number of para-hydroxylation sites is 1. The van der Waals surface area contributed by atoms with Crippen LogP contribution >= 0.6 is 0 Å². The molecule has 3 rings (SSSR count). The number of hydrogen-bond acceptors (Lipinski definition) is 4. The van der Waals surface area contributed by atoms with Crippen molar-refractivity contribution in [2.75, 3.05) is 24.6 Å². The molecule has 0 spiro atoms. The predicted octanol–water partition coefficient (Wildman–Crippen LogP) is 1.73. The third-order valence-corrected chi connectivity index (χ3v) is 4.13. The molecule has 1 atom stereocenters. The number of nitrogens with two attached hydrogens (primary N) is 1. The summed E-state index contributed by atoms with van der Waals surface area (Å²) in [6.45, 7) is 1.92. The lowest BCUT2D eigenvalue weighted by Gasteiger charge is -2.35. The van der Waals surface area contributed by atoms with Gasteiger partial charge in [0.15, 0.2) is 0 Å². The molecule has 1 fully saturated rings. The second-order valence-corrected chi connectivity index (χ2v) is 5.59. The number of nitrogen functional groups attached to an aromatic ring is 1. The van der Waals surface area contributed by atoms with E-state index in [1.807, 2.05) is 24.3 Å². The van der Waals surface area contributed by atoms with Crippen LogP contribution in [-0.2, 0) is 0 Å². The third kappa shape index (κ3) is 2.56. The van der Waals surface area contributed by atoms with E-state index < -0.39 is 0 Å². The highest BCUT2D eigenvalue weighted by molar-refractivity contribution is 6.07. The number of rotatable bonds is 3. The van der Waals surface area contributed by atoms with Gasteiger partial charge in [0.2, 0.25) is 0 Å². The van der Waals surface area contributed by atoms with Crippen molar-refractivity contribution in [1.29, 1.82) is 5.41 Å². The molecule has 2 heterocycles. The molecule has 21 heavy (non-hydrogen) atoms. The van der Waals surface area contributed by atoms with Gasteiger partial charge in [-0.05, 0) is 24.8 Å². The first-order valence-electron chi connectivity index (χ1n) is 7.28. The molecule has 0 aliphatic carbocycles. The summed E-state index contributed by atoms with van der Waals surface area (Å²) < 4.78 is 0. The maximum atomic E-state index is 9.44. The molecule has 0 bridgehead atoms. The molecule has 1 aliphatic rings. The van der Waals surface area contributed by atoms with Crippen molar-refractivity contribution < 1.29 is 5.11 Å². The highest BCUT2D eigenvalue weighted by Crippen LogP contribution is 2.32. The van der Waals surface area contributed by atoms with E-state index in [9.17, 15) is 5.11 Å². The minimum Gasteiger partial charge on any atom is -0.396 e. The number of hydrogen-bond donors (Lipinski definition) is 3. The van der Waals surface area contributed by atoms with Crippen LogP contribution in [0.1, 0.15) is 18.4 Å². The fraction of sp³-hybridized carbons (Fsp3) is 0.375. The Morgan fingerprint density at radius 3 is 3.00 bits per heavy atom. The Balaban J connectivity index is 2.14. The molecule has 1 aliphatic heterocycles. The fourth-order valence-corrected chi connectivity index (χ4v) is 3.08. The lowest BCUT2D eigenvalue weighted by molar-refractivity contribution is 0.209. The topological polar surface area (TPSA) is 86.2 Å². The summed E-state index contributed by atoms with van der Waals surface area (Å²) >= 11 is 0. The Bertz CT molecular complexity index is 670. The second kappa shape index (κ2) is 5.69. The highest BCUT2D eigenvalue weighted by Gasteiger charge is 2.24. The molecular weight excluding hydrogens is 264 g/mol. The molecule has 0 saturated carbocycles. The van der Waals surface area contributed by atoms with Gasteiger partial charge in [-0.3, -0.25) is 10.4 Å². The molecule has 1 aromatic carbocycles. The SMILES string of the molecule is N=C(N)c1cnc2ccccc2c1N1CCCC(CO)C1. The number of fused-ring (bicyclic) bond motifs is 1. The molecule has 1 saturated heterocycles. The van der Waals surface area contributed by atoms with Crippen molar-refractivity contribution in [3.8, 4) is 0 Å². The number of nitrogens with zero attached hydrogens (tertiary/aromatic N) is 2. The summed E-state index contributed by atoms with van der Waals surface area (Å²) in [5, 5.41) is 18.3. The van der Waals surface area contributed by atoms with Crippen LogP contribution < -0.4 is 10.6 Å². The van der Waals surface area contributed by atoms with Crippen LogP contribution in [-0.4, -0.2) is 35.6 Å². The van der Waals surface area contributed by atoms with Crippen molar-refractivity contribution in [2.24, 2.45) is 11.7 Å². The monoisotopic (exact) mass is 284 g/mol. The van der Waals surface area contributed by atoms with Gasteiger partial charge in [-0.25, -0.2) is 0 Å². The second-order valence-electron chi connectivity index (χ2n) is 5.59. The molecule has 4 N–H and O–H groups in total. The van der Waals surface area contributed by atoms with Gasteiger partial charge in [-0.15, -0.1) is 0 Å². The minimum absolute atomic E-state index is 0.0365. The lowest BCUT2D eigenvalue weighted by Crippen LogP contribution is -2.38. The van der Waals surface area contributed by atoms with Gasteiger partial charge in [0.25, 0.3) is 0 Å². The highest BCUT2D eigenvalue weighted by atomic mass is 16.3. The summed E-state index contributed by atoms with van der Waals surface area (Å²) in [6, 6.07) is 7.92. The zero-order chi connectivity index (χ0) is 14.8. The molecular formula is C16H20N4O. The third-order valence-electron chi connectivity index (χ3n) is 4.13. The summed E-state index contributed by atoms with van der Waals surface area (Å²) in [5.41, 5.74) is 8.30. The minimum atomic E-state index is 0.0365. The van der Waals surface area contributed by atoms with E-state index in [4.69, 9.17) is 11.1 Å². The summed E-state index contributed by atoms with van der Waals surface area (Å²) in [6.07, 6.45) is 3.77. The standard InChI is InChI=1S/C16H20N4O/c17-16(18)13-8-19-14-6-2-1-5-12(14)15(13)20-7-3-4-11(9-20)10-21/h1-2,5-6,8,11,21H,3-4,7,9-10H2,(H3,17,18). The molecule has 5 nitrogen and oxygen atoms in total. The van der Waals surface area contributed by atoms with Gasteiger partial charge in [-0.2, -0.15) is 0 Å². The number of aliphatic hydroxyl groups is 1. The Labute approximate surface area is 123 Å². The van der Waals surface area contributed by atoms with E-state index in [0.29, 0.717) is 5.56 Å². The maximum Gasteiger partial charge on any atom is 0.126 e. The van der Waals surface area contributed by atoms with E-state index in [1.165, 1.54) is 0 Å². The average Bonchev–Trinajstić information content (AvgIpc) is 2.53. The molecule has 2 aromatic rings. The molecule has 0 radical (unpaired) electrons. The van der Waals surface area contributed by atoms with Crippen LogP contribution in [0.3, 0.4) is 0 Å². The largest absolute Gasteiger partial charge is 0.396 e. The predicted molar refractivity (Wildman–Crippen MR) is 84.8 cm³/mol. The van der Waals surface area contributed by atoms with Gasteiger partial charge >= 0.3 is 0 Å². The van der Waals surface area contributed by atoms with Crippen molar-refractivity contribution in [3.05, 3.63) is 36.0 Å². The Kier molecular flexibility index (Phi) is 3.75. The fourth-order valence-electron chi connectivity index (χ4n) is 3.08. The van der Waals surface area contributed by atoms with Gasteiger partial charge < -0.3 is 15.7 Å². The van der Waals surface area contributed by atoms with Crippen molar-refractivity contribution in [2.45, 2.75) is 12.8 Å². The van der Waals surface area contributed by atoms with E-state index in [0.717, 1.165) is 42.5 Å². The zero-order valence-electron chi connectivity index (χ0n) is 11.9. The quantitative estimate of drug-likeness (QED) is 0.592. The van der Waals surface area contributed by atoms with Crippen LogP contribution in [0.15, 0.2) is 30.5 Å². The number of piperidine rings is 1. The number of aliphatic hydroxyl groups excluding tert-OH is 1. The maximum absolute atomic E-state index is 9.44. The van der Waals surface area contributed by atoms with Gasteiger partial charge in [0.1, 0.15) is 5.84 Å². The van der Waals surface area contributed by atoms with Crippen LogP contribution in [0.4, 0.5) is 5.69 Å². The number of anilines is 1. The van der Waals surface area contributed by atoms with Crippen molar-refractivity contribution >= 4 is 22.4 Å². The Morgan fingerprint density at radius 2 is 2.24 bits per heavy atom. The molecule has 1 unspecified atom stereocenters. The van der Waals surface area contributed by atoms with E-state index in [1.54, 1.807) is 6.20 Å². The van der Waals surface area contributed by atoms with E-state index >= 15 is 0 Å². The summed E-state index contributed by atoms with van der Waals surface area (Å²) in [7, 11) is 0. The van der Waals surface area contributed by atoms with Crippen LogP contribution in [0.2, 0.25) is 0 Å². The first-order chi connectivity index (χ1) is 10.2. The number of amidine groups is 1. The average molecular weight is 284 g/mol. The number of benzene rings is 1. The lowest BCUT2D eigenvalue weighted by atomic mass is 9.97. The van der Waals surface area contributed by atoms with Crippen molar-refractivity contribution in [3.63, 3.8) is 0 Å². The molecule has 0 amide bonds. The molecule has 1 aromatic heterocycles. The van der Waals surface area contributed by atoms with Gasteiger partial charge in [0.05, 0.1) is 16.8 Å². The van der Waals surface area contributed by atoms with Gasteiger partial charge in [0, 0.05) is 31.3 Å². The van der Waals surface area contributed by atoms with E-state index in [2.05, 4.69) is 9.88 Å². The smallest absolute Gasteiger partial charge is 0.126 e. The molecule has 110 valence electrons. The zero-order valence-corrected chi connectivity index (χ0v) is 11.9. The Hall–Kier alpha value is -2.14. The summed E-state index contributed by atoms with van der Waals surface area (Å²) in [5.74, 6) is 0.319. The number of nitrogens with one attached hydrogen (secondary N) is 1. The number of pyridine rings is 1. The van der Waals surface area contributed by atoms with Crippen LogP contribution in [0.25, 0.3) is 10.9 Å². The molecule has 5 heteroatoms. The summed E-state index contributed by atoms with van der Waals surface area (Å²) in [4.78, 5) is 6.64.